The molecule has 2 bridgehead atoms. The zero-order chi connectivity index (χ0) is 15.3. The summed E-state index contributed by atoms with van der Waals surface area (Å²) in [6.07, 6.45) is 2.26. The summed E-state index contributed by atoms with van der Waals surface area (Å²) in [4.78, 5) is 14.8. The van der Waals surface area contributed by atoms with Gasteiger partial charge in [0.05, 0.1) is 6.61 Å². The van der Waals surface area contributed by atoms with Crippen molar-refractivity contribution < 1.29 is 19.4 Å². The average Bonchev–Trinajstić information content (AvgIpc) is 3.27. The molecular weight excluding hydrogens is 378 g/mol. The number of carbonyl (C=O) groups is 1. The lowest BCUT2D eigenvalue weighted by Gasteiger charge is -2.38. The number of benzene rings is 1. The second-order valence-electron chi connectivity index (χ2n) is 6.54. The van der Waals surface area contributed by atoms with Gasteiger partial charge < -0.3 is 14.6 Å². The number of nitrogens with zero attached hydrogens (tertiary/aromatic N) is 1. The minimum absolute atomic E-state index is 0. The summed E-state index contributed by atoms with van der Waals surface area (Å²) in [7, 11) is 2.13. The first-order valence-electron chi connectivity index (χ1n) is 7.92. The Morgan fingerprint density at radius 3 is 2.28 bits per heavy atom. The number of aliphatic hydroxyl groups excluding tert-OH is 1. The van der Waals surface area contributed by atoms with Gasteiger partial charge in [0.2, 0.25) is 0 Å². The van der Waals surface area contributed by atoms with Gasteiger partial charge in [0, 0.05) is 24.9 Å². The van der Waals surface area contributed by atoms with Crippen molar-refractivity contribution in [2.45, 2.75) is 49.2 Å². The molecule has 1 aromatic carbocycles. The summed E-state index contributed by atoms with van der Waals surface area (Å²) in [5.74, 6) is -0.915. The first kappa shape index (κ1) is 22.7. The van der Waals surface area contributed by atoms with Crippen LogP contribution in [0.25, 0.3) is 0 Å². The van der Waals surface area contributed by atoms with E-state index < -0.39 is 5.92 Å². The Kier molecular flexibility index (Phi) is 8.17. The van der Waals surface area contributed by atoms with E-state index in [-0.39, 0.29) is 59.2 Å². The number of epoxide rings is 1. The Labute approximate surface area is 169 Å². The maximum Gasteiger partial charge on any atom is 0.316 e. The van der Waals surface area contributed by atoms with Gasteiger partial charge in [-0.25, -0.2) is 0 Å². The number of ether oxygens (including phenoxy) is 2. The van der Waals surface area contributed by atoms with E-state index in [2.05, 4.69) is 11.9 Å². The van der Waals surface area contributed by atoms with Gasteiger partial charge in [-0.2, -0.15) is 40.5 Å². The lowest BCUT2D eigenvalue weighted by molar-refractivity contribution is -0.156. The Hall–Kier alpha value is -0.380. The van der Waals surface area contributed by atoms with Gasteiger partial charge in [0.15, 0.2) is 0 Å². The van der Waals surface area contributed by atoms with Crippen LogP contribution >= 0.6 is 40.5 Å². The van der Waals surface area contributed by atoms with Crippen molar-refractivity contribution in [2.24, 2.45) is 0 Å². The number of hydrogen-bond acceptors (Lipinski definition) is 5. The average molecular weight is 406 g/mol. The van der Waals surface area contributed by atoms with E-state index in [0.717, 1.165) is 18.4 Å². The van der Waals surface area contributed by atoms with Gasteiger partial charge in [-0.3, -0.25) is 9.69 Å². The Morgan fingerprint density at radius 2 is 1.76 bits per heavy atom. The number of rotatable bonds is 4. The van der Waals surface area contributed by atoms with Gasteiger partial charge >= 0.3 is 5.97 Å². The van der Waals surface area contributed by atoms with Crippen LogP contribution in [0.1, 0.15) is 24.3 Å². The zero-order valence-electron chi connectivity index (χ0n) is 14.1. The molecule has 0 radical (unpaired) electrons. The highest BCUT2D eigenvalue weighted by Crippen LogP contribution is 2.48. The number of hydrogen-bond donors (Lipinski definition) is 1. The fourth-order valence-electron chi connectivity index (χ4n) is 4.04. The number of likely N-dealkylation sites (N-methyl/N-ethyl adjacent to an activating group) is 1. The maximum atomic E-state index is 12.4. The van der Waals surface area contributed by atoms with Crippen molar-refractivity contribution in [3.8, 4) is 0 Å². The highest BCUT2D eigenvalue weighted by molar-refractivity contribution is 7.59. The summed E-state index contributed by atoms with van der Waals surface area (Å²) < 4.78 is 11.4. The molecule has 142 valence electrons. The standard InChI is InChI=1S/C17H21NO4.3H2S/c1-18-13-7-11(8-14(18)16-15(13)22-16)21-17(20)12(9-19)10-5-3-2-4-6-10;;;/h2-6,11-16,19H,7-9H2,1H3;3*1H2/t11?,12-,13-,14+,15-,16+;;;/m1.../s1. The molecule has 0 saturated carbocycles. The summed E-state index contributed by atoms with van der Waals surface area (Å²) in [5, 5.41) is 9.56. The number of carbonyl (C=O) groups excluding carboxylic acids is 1. The number of aliphatic hydroxyl groups is 1. The highest BCUT2D eigenvalue weighted by atomic mass is 32.1. The second-order valence-corrected chi connectivity index (χ2v) is 6.54. The van der Waals surface area contributed by atoms with Gasteiger partial charge in [0.25, 0.3) is 0 Å². The Morgan fingerprint density at radius 1 is 1.20 bits per heavy atom. The van der Waals surface area contributed by atoms with Crippen molar-refractivity contribution in [2.75, 3.05) is 13.7 Å². The Bertz CT molecular complexity index is 558. The van der Waals surface area contributed by atoms with Crippen LogP contribution < -0.4 is 0 Å². The van der Waals surface area contributed by atoms with E-state index in [4.69, 9.17) is 9.47 Å². The molecule has 3 fully saturated rings. The second kappa shape index (κ2) is 9.01. The van der Waals surface area contributed by atoms with Crippen LogP contribution in [0, 0.1) is 0 Å². The minimum atomic E-state index is -0.593. The first-order valence-corrected chi connectivity index (χ1v) is 7.92. The van der Waals surface area contributed by atoms with E-state index in [1.807, 2.05) is 30.3 Å². The van der Waals surface area contributed by atoms with Crippen LogP contribution in [0.15, 0.2) is 30.3 Å². The third-order valence-corrected chi connectivity index (χ3v) is 5.33. The molecule has 3 aliphatic heterocycles. The van der Waals surface area contributed by atoms with Gasteiger partial charge in [-0.1, -0.05) is 30.3 Å². The molecule has 1 aromatic rings. The molecule has 25 heavy (non-hydrogen) atoms. The van der Waals surface area contributed by atoms with Crippen molar-refractivity contribution >= 4 is 46.5 Å². The van der Waals surface area contributed by atoms with Gasteiger partial charge in [0.1, 0.15) is 24.2 Å². The van der Waals surface area contributed by atoms with Crippen LogP contribution in [-0.2, 0) is 14.3 Å². The largest absolute Gasteiger partial charge is 0.462 e. The van der Waals surface area contributed by atoms with E-state index in [0.29, 0.717) is 24.3 Å². The molecule has 0 aliphatic carbocycles. The molecule has 0 amide bonds. The molecule has 1 unspecified atom stereocenters. The topological polar surface area (TPSA) is 62.3 Å². The van der Waals surface area contributed by atoms with Gasteiger partial charge in [-0.05, 0) is 12.6 Å². The van der Waals surface area contributed by atoms with Crippen molar-refractivity contribution in [3.63, 3.8) is 0 Å². The van der Waals surface area contributed by atoms with Gasteiger partial charge in [-0.15, -0.1) is 0 Å². The van der Waals surface area contributed by atoms with Crippen LogP contribution in [0.5, 0.6) is 0 Å². The molecule has 6 atom stereocenters. The molecule has 3 aliphatic rings. The predicted octanol–water partition coefficient (Wildman–Crippen LogP) is 1.26. The summed E-state index contributed by atoms with van der Waals surface area (Å²) in [6.45, 7) is -0.226. The summed E-state index contributed by atoms with van der Waals surface area (Å²) in [5.41, 5.74) is 0.803. The molecule has 3 saturated heterocycles. The number of fused-ring (bicyclic) bond motifs is 5. The molecule has 4 rings (SSSR count). The SMILES string of the molecule is CN1[C@@H]2CC(OC(=O)[C@H](CO)c3ccccc3)C[C@H]1[C@@H]1O[C@@H]12.S.S.S. The lowest BCUT2D eigenvalue weighted by atomic mass is 9.97. The smallest absolute Gasteiger partial charge is 0.316 e. The lowest BCUT2D eigenvalue weighted by Crippen LogP contribution is -2.48. The fourth-order valence-corrected chi connectivity index (χ4v) is 4.04. The van der Waals surface area contributed by atoms with Crippen LogP contribution in [0.2, 0.25) is 0 Å². The Balaban J connectivity index is 0.00000104. The molecule has 8 heteroatoms. The van der Waals surface area contributed by atoms with E-state index in [1.165, 1.54) is 0 Å². The maximum absolute atomic E-state index is 12.4. The van der Waals surface area contributed by atoms with Crippen LogP contribution in [0.3, 0.4) is 0 Å². The molecule has 0 aromatic heterocycles. The fraction of sp³-hybridized carbons (Fsp3) is 0.588. The molecule has 5 nitrogen and oxygen atoms in total. The summed E-state index contributed by atoms with van der Waals surface area (Å²) in [6, 6.07) is 10.1. The number of piperidine rings is 1. The third kappa shape index (κ3) is 4.14. The molecular formula is C17H27NO4S3. The predicted molar refractivity (Wildman–Crippen MR) is 111 cm³/mol. The quantitative estimate of drug-likeness (QED) is 0.604. The van der Waals surface area contributed by atoms with E-state index in [9.17, 15) is 9.90 Å². The highest BCUT2D eigenvalue weighted by Gasteiger charge is 2.62. The van der Waals surface area contributed by atoms with Crippen LogP contribution in [0.4, 0.5) is 0 Å². The normalized spacial score (nSPS) is 33.0. The minimum Gasteiger partial charge on any atom is -0.462 e. The van der Waals surface area contributed by atoms with Crippen molar-refractivity contribution in [1.29, 1.82) is 0 Å². The van der Waals surface area contributed by atoms with Crippen LogP contribution in [-0.4, -0.2) is 60.0 Å². The van der Waals surface area contributed by atoms with E-state index in [1.54, 1.807) is 0 Å². The number of esters is 1. The van der Waals surface area contributed by atoms with Crippen molar-refractivity contribution in [3.05, 3.63) is 35.9 Å². The molecule has 3 heterocycles. The monoisotopic (exact) mass is 405 g/mol. The van der Waals surface area contributed by atoms with E-state index >= 15 is 0 Å². The third-order valence-electron chi connectivity index (χ3n) is 5.33. The zero-order valence-corrected chi connectivity index (χ0v) is 17.1. The van der Waals surface area contributed by atoms with Crippen molar-refractivity contribution in [1.82, 2.24) is 4.90 Å². The first-order chi connectivity index (χ1) is 10.7. The summed E-state index contributed by atoms with van der Waals surface area (Å²) >= 11 is 0. The molecule has 0 spiro atoms. The molecule has 1 N–H and O–H groups in total. The number of morpholine rings is 1.